The molecule has 0 spiro atoms. The van der Waals surface area contributed by atoms with Gasteiger partial charge in [0.15, 0.2) is 6.61 Å². The van der Waals surface area contributed by atoms with Gasteiger partial charge < -0.3 is 9.47 Å². The van der Waals surface area contributed by atoms with Gasteiger partial charge in [0.25, 0.3) is 0 Å². The Balaban J connectivity index is 1.48. The summed E-state index contributed by atoms with van der Waals surface area (Å²) in [6, 6.07) is 7.33. The molecule has 4 heteroatoms. The molecule has 1 aromatic heterocycles. The van der Waals surface area contributed by atoms with Crippen molar-refractivity contribution in [1.82, 2.24) is 0 Å². The van der Waals surface area contributed by atoms with E-state index in [1.807, 2.05) is 24.3 Å². The van der Waals surface area contributed by atoms with Crippen molar-refractivity contribution in [3.8, 4) is 11.5 Å². The van der Waals surface area contributed by atoms with Gasteiger partial charge in [0, 0.05) is 4.88 Å². The molecular weight excluding hydrogens is 320 g/mol. The number of carbonyl (C=O) groups excluding carboxylic acids is 1. The van der Waals surface area contributed by atoms with E-state index in [1.54, 1.807) is 18.4 Å². The number of ether oxygens (including phenoxy) is 2. The molecule has 1 heterocycles. The molecule has 24 heavy (non-hydrogen) atoms. The van der Waals surface area contributed by atoms with Gasteiger partial charge in [0.2, 0.25) is 5.78 Å². The second kappa shape index (κ2) is 5.35. The van der Waals surface area contributed by atoms with Gasteiger partial charge in [0.1, 0.15) is 11.5 Å². The first-order valence-electron chi connectivity index (χ1n) is 8.35. The van der Waals surface area contributed by atoms with Crippen LogP contribution in [0.25, 0.3) is 0 Å². The largest absolute Gasteiger partial charge is 0.497 e. The minimum absolute atomic E-state index is 0.0947. The number of thiophene rings is 1. The first kappa shape index (κ1) is 15.7. The van der Waals surface area contributed by atoms with Crippen LogP contribution in [0.3, 0.4) is 0 Å². The van der Waals surface area contributed by atoms with Gasteiger partial charge in [-0.1, -0.05) is 13.8 Å². The molecule has 2 aromatic rings. The van der Waals surface area contributed by atoms with Gasteiger partial charge in [-0.15, -0.1) is 11.3 Å². The zero-order valence-corrected chi connectivity index (χ0v) is 15.3. The number of hydrogen-bond donors (Lipinski definition) is 0. The molecule has 3 nitrogen and oxygen atoms in total. The Morgan fingerprint density at radius 3 is 2.58 bits per heavy atom. The van der Waals surface area contributed by atoms with Crippen LogP contribution in [-0.4, -0.2) is 19.5 Å². The van der Waals surface area contributed by atoms with Crippen molar-refractivity contribution in [1.29, 1.82) is 0 Å². The van der Waals surface area contributed by atoms with Gasteiger partial charge in [-0.3, -0.25) is 4.79 Å². The fourth-order valence-corrected chi connectivity index (χ4v) is 5.40. The van der Waals surface area contributed by atoms with Crippen molar-refractivity contribution < 1.29 is 14.3 Å². The first-order valence-corrected chi connectivity index (χ1v) is 9.17. The minimum Gasteiger partial charge on any atom is -0.497 e. The van der Waals surface area contributed by atoms with Gasteiger partial charge in [0.05, 0.1) is 12.0 Å². The summed E-state index contributed by atoms with van der Waals surface area (Å²) in [6.07, 6.45) is 1.06. The third-order valence-electron chi connectivity index (χ3n) is 5.70. The van der Waals surface area contributed by atoms with E-state index in [4.69, 9.17) is 9.47 Å². The zero-order valence-electron chi connectivity index (χ0n) is 14.5. The molecule has 0 aliphatic heterocycles. The predicted molar refractivity (Wildman–Crippen MR) is 95.6 cm³/mol. The lowest BCUT2D eigenvalue weighted by Crippen LogP contribution is -2.12. The van der Waals surface area contributed by atoms with E-state index in [0.29, 0.717) is 17.1 Å². The molecule has 0 amide bonds. The quantitative estimate of drug-likeness (QED) is 0.744. The average Bonchev–Trinajstić information content (AvgIpc) is 2.92. The molecule has 2 atom stereocenters. The maximum Gasteiger partial charge on any atom is 0.210 e. The van der Waals surface area contributed by atoms with E-state index >= 15 is 0 Å². The molecule has 0 N–H and O–H groups in total. The lowest BCUT2D eigenvalue weighted by Gasteiger charge is -2.10. The second-order valence-corrected chi connectivity index (χ2v) is 8.60. The van der Waals surface area contributed by atoms with Gasteiger partial charge in [-0.05, 0) is 66.0 Å². The summed E-state index contributed by atoms with van der Waals surface area (Å²) in [5.41, 5.74) is 3.18. The van der Waals surface area contributed by atoms with Crippen LogP contribution in [0, 0.1) is 18.3 Å². The molecule has 0 bridgehead atoms. The van der Waals surface area contributed by atoms with Gasteiger partial charge in [-0.25, -0.2) is 0 Å². The highest BCUT2D eigenvalue weighted by Crippen LogP contribution is 2.71. The Labute approximate surface area is 146 Å². The van der Waals surface area contributed by atoms with Crippen molar-refractivity contribution in [3.05, 3.63) is 45.1 Å². The zero-order chi connectivity index (χ0) is 17.1. The number of fused-ring (bicyclic) bond motifs is 3. The monoisotopic (exact) mass is 342 g/mol. The highest BCUT2D eigenvalue weighted by atomic mass is 32.1. The summed E-state index contributed by atoms with van der Waals surface area (Å²) >= 11 is 1.65. The van der Waals surface area contributed by atoms with Crippen molar-refractivity contribution in [3.63, 3.8) is 0 Å². The van der Waals surface area contributed by atoms with E-state index in [1.165, 1.54) is 16.0 Å². The highest BCUT2D eigenvalue weighted by molar-refractivity contribution is 7.14. The Bertz CT molecular complexity index is 801. The molecule has 0 radical (unpaired) electrons. The van der Waals surface area contributed by atoms with Crippen molar-refractivity contribution >= 4 is 17.1 Å². The molecule has 0 saturated heterocycles. The Hall–Kier alpha value is -1.81. The third-order valence-corrected chi connectivity index (χ3v) is 6.91. The Kier molecular flexibility index (Phi) is 3.50. The first-order chi connectivity index (χ1) is 11.4. The smallest absolute Gasteiger partial charge is 0.210 e. The molecule has 0 unspecified atom stereocenters. The summed E-state index contributed by atoms with van der Waals surface area (Å²) in [5.74, 6) is 2.95. The van der Waals surface area contributed by atoms with Crippen LogP contribution in [0.5, 0.6) is 11.5 Å². The normalized spacial score (nSPS) is 22.7. The molecular formula is C20H22O3S. The van der Waals surface area contributed by atoms with Crippen LogP contribution in [-0.2, 0) is 6.42 Å². The van der Waals surface area contributed by atoms with E-state index in [2.05, 4.69) is 20.8 Å². The SMILES string of the molecule is COc1ccc(OCC(=O)c2sc(C)c3c2C[C@@H]2[C@H]3C2(C)C)cc1. The van der Waals surface area contributed by atoms with Gasteiger partial charge in [-0.2, -0.15) is 0 Å². The van der Waals surface area contributed by atoms with E-state index < -0.39 is 0 Å². The minimum atomic E-state index is 0.0947. The fraction of sp³-hybridized carbons (Fsp3) is 0.450. The number of benzene rings is 1. The van der Waals surface area contributed by atoms with Crippen LogP contribution in [0.4, 0.5) is 0 Å². The molecule has 126 valence electrons. The number of methoxy groups -OCH3 is 1. The van der Waals surface area contributed by atoms with Crippen LogP contribution in [0.1, 0.15) is 45.4 Å². The van der Waals surface area contributed by atoms with Crippen molar-refractivity contribution in [2.24, 2.45) is 11.3 Å². The molecule has 1 fully saturated rings. The van der Waals surface area contributed by atoms with Crippen LogP contribution < -0.4 is 9.47 Å². The lowest BCUT2D eigenvalue weighted by atomic mass is 9.95. The van der Waals surface area contributed by atoms with E-state index in [0.717, 1.165) is 23.0 Å². The topological polar surface area (TPSA) is 35.5 Å². The van der Waals surface area contributed by atoms with Crippen LogP contribution in [0.2, 0.25) is 0 Å². The summed E-state index contributed by atoms with van der Waals surface area (Å²) in [4.78, 5) is 14.9. The average molecular weight is 342 g/mol. The number of aryl methyl sites for hydroxylation is 1. The van der Waals surface area contributed by atoms with E-state index in [9.17, 15) is 4.79 Å². The number of ketones is 1. The molecule has 4 rings (SSSR count). The summed E-state index contributed by atoms with van der Waals surface area (Å²) < 4.78 is 10.8. The standard InChI is InChI=1S/C20H22O3S/c1-11-17-14(9-15-18(17)20(15,2)3)19(24-11)16(21)10-23-13-7-5-12(22-4)6-8-13/h5-8,15,18H,9-10H2,1-4H3/t15-,18-/m1/s1. The van der Waals surface area contributed by atoms with Crippen molar-refractivity contribution in [2.75, 3.05) is 13.7 Å². The Morgan fingerprint density at radius 2 is 1.92 bits per heavy atom. The van der Waals surface area contributed by atoms with E-state index in [-0.39, 0.29) is 12.4 Å². The predicted octanol–water partition coefficient (Wildman–Crippen LogP) is 4.62. The maximum absolute atomic E-state index is 12.7. The maximum atomic E-state index is 12.7. The van der Waals surface area contributed by atoms with Crippen molar-refractivity contribution in [2.45, 2.75) is 33.1 Å². The van der Waals surface area contributed by atoms with Crippen LogP contribution >= 0.6 is 11.3 Å². The fourth-order valence-electron chi connectivity index (χ4n) is 4.24. The number of Topliss-reactive ketones (excluding diaryl/α,β-unsaturated/α-hetero) is 1. The van der Waals surface area contributed by atoms with Gasteiger partial charge >= 0.3 is 0 Å². The molecule has 2 aliphatic carbocycles. The third kappa shape index (κ3) is 2.27. The summed E-state index contributed by atoms with van der Waals surface area (Å²) in [7, 11) is 1.63. The number of rotatable bonds is 5. The number of hydrogen-bond acceptors (Lipinski definition) is 4. The summed E-state index contributed by atoms with van der Waals surface area (Å²) in [5, 5.41) is 0. The summed E-state index contributed by atoms with van der Waals surface area (Å²) in [6.45, 7) is 6.94. The molecule has 1 aromatic carbocycles. The Morgan fingerprint density at radius 1 is 1.25 bits per heavy atom. The molecule has 2 aliphatic rings. The number of carbonyl (C=O) groups is 1. The highest BCUT2D eigenvalue weighted by Gasteiger charge is 2.63. The lowest BCUT2D eigenvalue weighted by molar-refractivity contribution is 0.0924. The molecule has 1 saturated carbocycles. The second-order valence-electron chi connectivity index (χ2n) is 7.38. The van der Waals surface area contributed by atoms with Crippen LogP contribution in [0.15, 0.2) is 24.3 Å².